The first-order valence-electron chi connectivity index (χ1n) is 5.80. The van der Waals surface area contributed by atoms with Crippen molar-refractivity contribution in [3.63, 3.8) is 0 Å². The average Bonchev–Trinajstić information content (AvgIpc) is 2.18. The van der Waals surface area contributed by atoms with Gasteiger partial charge in [-0.3, -0.25) is 0 Å². The lowest BCUT2D eigenvalue weighted by atomic mass is 9.85. The second-order valence-electron chi connectivity index (χ2n) is 5.34. The topological polar surface area (TPSA) is 37.3 Å². The van der Waals surface area contributed by atoms with E-state index in [4.69, 9.17) is 5.11 Å². The van der Waals surface area contributed by atoms with Gasteiger partial charge in [-0.25, -0.2) is 4.79 Å². The Morgan fingerprint density at radius 2 is 2.00 bits per heavy atom. The second-order valence-corrected chi connectivity index (χ2v) is 5.34. The number of aliphatic carboxylic acids is 1. The van der Waals surface area contributed by atoms with Gasteiger partial charge >= 0.3 is 5.97 Å². The lowest BCUT2D eigenvalue weighted by molar-refractivity contribution is -0.131. The van der Waals surface area contributed by atoms with Gasteiger partial charge < -0.3 is 5.11 Å². The number of carbonyl (C=O) groups is 1. The third-order valence-corrected chi connectivity index (χ3v) is 2.81. The monoisotopic (exact) mass is 232 g/mol. The molecule has 0 aliphatic carbocycles. The number of allylic oxidation sites excluding steroid dienone is 1. The summed E-state index contributed by atoms with van der Waals surface area (Å²) >= 11 is 0. The van der Waals surface area contributed by atoms with E-state index in [1.165, 1.54) is 22.8 Å². The lowest BCUT2D eigenvalue weighted by Crippen LogP contribution is -2.11. The van der Waals surface area contributed by atoms with Gasteiger partial charge in [0.25, 0.3) is 0 Å². The molecule has 1 aromatic rings. The number of benzene rings is 1. The molecular formula is C15H20O2. The number of aryl methyl sites for hydroxylation is 1. The summed E-state index contributed by atoms with van der Waals surface area (Å²) < 4.78 is 0. The zero-order valence-electron chi connectivity index (χ0n) is 10.9. The number of carboxylic acid groups (broad SMARTS) is 1. The van der Waals surface area contributed by atoms with Crippen LogP contribution in [0.2, 0.25) is 0 Å². The van der Waals surface area contributed by atoms with Gasteiger partial charge in [-0.2, -0.15) is 0 Å². The van der Waals surface area contributed by atoms with Crippen molar-refractivity contribution in [2.45, 2.75) is 39.5 Å². The molecule has 0 amide bonds. The smallest absolute Gasteiger partial charge is 0.327 e. The number of hydrogen-bond donors (Lipinski definition) is 1. The average molecular weight is 232 g/mol. The van der Waals surface area contributed by atoms with Gasteiger partial charge in [0, 0.05) is 6.08 Å². The maximum atomic E-state index is 10.4. The van der Waals surface area contributed by atoms with E-state index in [1.54, 1.807) is 6.08 Å². The van der Waals surface area contributed by atoms with Crippen molar-refractivity contribution in [3.8, 4) is 0 Å². The molecule has 0 aliphatic heterocycles. The van der Waals surface area contributed by atoms with Crippen LogP contribution in [0.1, 0.15) is 37.5 Å². The largest absolute Gasteiger partial charge is 0.478 e. The second kappa shape index (κ2) is 5.17. The highest BCUT2D eigenvalue weighted by Gasteiger charge is 2.13. The number of rotatable bonds is 3. The predicted octanol–water partition coefficient (Wildman–Crippen LogP) is 3.48. The molecule has 0 bridgehead atoms. The Labute approximate surface area is 103 Å². The molecule has 0 atom stereocenters. The number of carboxylic acids is 1. The van der Waals surface area contributed by atoms with Crippen LogP contribution in [0, 0.1) is 6.92 Å². The molecule has 0 aliphatic rings. The lowest BCUT2D eigenvalue weighted by Gasteiger charge is -2.20. The van der Waals surface area contributed by atoms with E-state index in [1.807, 2.05) is 0 Å². The van der Waals surface area contributed by atoms with Crippen molar-refractivity contribution in [3.05, 3.63) is 47.0 Å². The minimum atomic E-state index is -0.894. The molecule has 0 radical (unpaired) electrons. The first kappa shape index (κ1) is 13.5. The van der Waals surface area contributed by atoms with Crippen molar-refractivity contribution in [1.29, 1.82) is 0 Å². The Kier molecular flexibility index (Phi) is 4.11. The van der Waals surface area contributed by atoms with E-state index >= 15 is 0 Å². The van der Waals surface area contributed by atoms with E-state index in [-0.39, 0.29) is 5.41 Å². The molecule has 1 N–H and O–H groups in total. The summed E-state index contributed by atoms with van der Waals surface area (Å²) in [6.45, 7) is 8.63. The fourth-order valence-electron chi connectivity index (χ4n) is 1.68. The Balaban J connectivity index is 2.87. The van der Waals surface area contributed by atoms with E-state index in [9.17, 15) is 4.79 Å². The summed E-state index contributed by atoms with van der Waals surface area (Å²) in [5.74, 6) is -0.894. The molecule has 0 spiro atoms. The van der Waals surface area contributed by atoms with Crippen LogP contribution in [0.3, 0.4) is 0 Å². The Hall–Kier alpha value is -1.57. The van der Waals surface area contributed by atoms with Gasteiger partial charge in [0.1, 0.15) is 0 Å². The molecule has 0 unspecified atom stereocenters. The summed E-state index contributed by atoms with van der Waals surface area (Å²) in [7, 11) is 0. The van der Waals surface area contributed by atoms with Gasteiger partial charge in [0.15, 0.2) is 0 Å². The van der Waals surface area contributed by atoms with Crippen molar-refractivity contribution in [2.75, 3.05) is 0 Å². The Morgan fingerprint density at radius 3 is 2.47 bits per heavy atom. The molecule has 0 heterocycles. The number of hydrogen-bond acceptors (Lipinski definition) is 1. The molecule has 17 heavy (non-hydrogen) atoms. The fourth-order valence-corrected chi connectivity index (χ4v) is 1.68. The first-order valence-corrected chi connectivity index (χ1v) is 5.80. The molecule has 2 nitrogen and oxygen atoms in total. The van der Waals surface area contributed by atoms with Gasteiger partial charge in [0.05, 0.1) is 0 Å². The molecule has 92 valence electrons. The molecule has 1 aromatic carbocycles. The van der Waals surface area contributed by atoms with Gasteiger partial charge in [-0.05, 0) is 35.4 Å². The van der Waals surface area contributed by atoms with Crippen LogP contribution in [-0.4, -0.2) is 11.1 Å². The highest BCUT2D eigenvalue weighted by Crippen LogP contribution is 2.24. The zero-order valence-corrected chi connectivity index (χ0v) is 10.9. The van der Waals surface area contributed by atoms with Crippen molar-refractivity contribution >= 4 is 5.97 Å². The summed E-state index contributed by atoms with van der Waals surface area (Å²) in [6, 6.07) is 6.39. The normalized spacial score (nSPS) is 12.0. The van der Waals surface area contributed by atoms with Crippen LogP contribution in [0.25, 0.3) is 0 Å². The minimum absolute atomic E-state index is 0.153. The summed E-state index contributed by atoms with van der Waals surface area (Å²) in [5, 5.41) is 8.52. The van der Waals surface area contributed by atoms with E-state index in [0.717, 1.165) is 0 Å². The summed E-state index contributed by atoms with van der Waals surface area (Å²) in [6.07, 6.45) is 3.54. The van der Waals surface area contributed by atoms with Gasteiger partial charge in [-0.1, -0.05) is 45.0 Å². The highest BCUT2D eigenvalue weighted by atomic mass is 16.4. The van der Waals surface area contributed by atoms with Gasteiger partial charge in [0.2, 0.25) is 0 Å². The van der Waals surface area contributed by atoms with Crippen LogP contribution in [0.5, 0.6) is 0 Å². The predicted molar refractivity (Wildman–Crippen MR) is 70.4 cm³/mol. The Morgan fingerprint density at radius 1 is 1.35 bits per heavy atom. The van der Waals surface area contributed by atoms with Crippen LogP contribution in [0.4, 0.5) is 0 Å². The third kappa shape index (κ3) is 4.06. The Bertz CT molecular complexity index is 437. The molecule has 1 rings (SSSR count). The molecule has 0 fully saturated rings. The quantitative estimate of drug-likeness (QED) is 0.810. The summed E-state index contributed by atoms with van der Waals surface area (Å²) in [4.78, 5) is 10.4. The van der Waals surface area contributed by atoms with Crippen LogP contribution < -0.4 is 0 Å². The maximum Gasteiger partial charge on any atom is 0.327 e. The standard InChI is InChI=1S/C15H20O2/c1-11-10-13(15(2,3)4)9-8-12(11)6-5-7-14(16)17/h5,7-10H,6H2,1-4H3,(H,16,17)/b7-5+. The zero-order chi connectivity index (χ0) is 13.1. The van der Waals surface area contributed by atoms with Crippen molar-refractivity contribution in [2.24, 2.45) is 0 Å². The van der Waals surface area contributed by atoms with Crippen molar-refractivity contribution in [1.82, 2.24) is 0 Å². The SMILES string of the molecule is Cc1cc(C(C)(C)C)ccc1C/C=C/C(=O)O. The molecule has 0 saturated heterocycles. The van der Waals surface area contributed by atoms with E-state index < -0.39 is 5.97 Å². The van der Waals surface area contributed by atoms with E-state index in [2.05, 4.69) is 45.9 Å². The fraction of sp³-hybridized carbons (Fsp3) is 0.400. The van der Waals surface area contributed by atoms with Crippen LogP contribution in [-0.2, 0) is 16.6 Å². The summed E-state index contributed by atoms with van der Waals surface area (Å²) in [5.41, 5.74) is 3.85. The molecular weight excluding hydrogens is 212 g/mol. The molecule has 0 saturated carbocycles. The van der Waals surface area contributed by atoms with Crippen LogP contribution in [0.15, 0.2) is 30.4 Å². The van der Waals surface area contributed by atoms with E-state index in [0.29, 0.717) is 6.42 Å². The third-order valence-electron chi connectivity index (χ3n) is 2.81. The molecule has 2 heteroatoms. The highest BCUT2D eigenvalue weighted by molar-refractivity contribution is 5.79. The minimum Gasteiger partial charge on any atom is -0.478 e. The first-order chi connectivity index (χ1) is 7.80. The van der Waals surface area contributed by atoms with Crippen molar-refractivity contribution < 1.29 is 9.90 Å². The van der Waals surface area contributed by atoms with Gasteiger partial charge in [-0.15, -0.1) is 0 Å². The van der Waals surface area contributed by atoms with Crippen LogP contribution >= 0.6 is 0 Å². The molecule has 0 aromatic heterocycles. The maximum absolute atomic E-state index is 10.4.